The van der Waals surface area contributed by atoms with Crippen molar-refractivity contribution in [1.82, 2.24) is 0 Å². The van der Waals surface area contributed by atoms with Gasteiger partial charge in [-0.2, -0.15) is 0 Å². The number of hydrogen-bond donors (Lipinski definition) is 0. The van der Waals surface area contributed by atoms with Gasteiger partial charge in [0.2, 0.25) is 0 Å². The highest BCUT2D eigenvalue weighted by Crippen LogP contribution is 2.02. The maximum Gasteiger partial charge on any atom is 0.330 e. The van der Waals surface area contributed by atoms with Crippen LogP contribution in [0.3, 0.4) is 0 Å². The molecule has 0 aliphatic heterocycles. The van der Waals surface area contributed by atoms with E-state index in [1.54, 1.807) is 13.0 Å². The van der Waals surface area contributed by atoms with Gasteiger partial charge in [0.05, 0.1) is 6.61 Å². The highest BCUT2D eigenvalue weighted by molar-refractivity contribution is 5.82. The van der Waals surface area contributed by atoms with E-state index >= 15 is 0 Å². The molecule has 2 heteroatoms. The highest BCUT2D eigenvalue weighted by atomic mass is 16.5. The minimum absolute atomic E-state index is 0.280. The van der Waals surface area contributed by atoms with Gasteiger partial charge in [0.1, 0.15) is 0 Å². The first-order valence-corrected chi connectivity index (χ1v) is 4.06. The molecule has 0 amide bonds. The largest absolute Gasteiger partial charge is 0.463 e. The topological polar surface area (TPSA) is 26.3 Å². The minimum Gasteiger partial charge on any atom is -0.463 e. The lowest BCUT2D eigenvalue weighted by atomic mass is 10.2. The third-order valence-electron chi connectivity index (χ3n) is 1.54. The summed E-state index contributed by atoms with van der Waals surface area (Å²) in [5.74, 6) is -0.280. The van der Waals surface area contributed by atoms with Gasteiger partial charge in [0.25, 0.3) is 0 Å². The fourth-order valence-electron chi connectivity index (χ4n) is 0.550. The normalized spacial score (nSPS) is 10.0. The molecule has 0 N–H and O–H groups in total. The third kappa shape index (κ3) is 4.72. The molecule has 0 bridgehead atoms. The molecule has 0 aromatic rings. The Kier molecular flexibility index (Phi) is 5.09. The first kappa shape index (κ1) is 11.0. The maximum atomic E-state index is 10.8. The van der Waals surface area contributed by atoms with Crippen LogP contribution in [0.4, 0.5) is 0 Å². The molecule has 0 saturated heterocycles. The first-order chi connectivity index (χ1) is 5.57. The van der Waals surface area contributed by atoms with Gasteiger partial charge in [-0.3, -0.25) is 0 Å². The Morgan fingerprint density at radius 3 is 2.25 bits per heavy atom. The molecule has 2 nitrogen and oxygen atoms in total. The molecule has 0 atom stereocenters. The van der Waals surface area contributed by atoms with Crippen LogP contribution in [0.5, 0.6) is 0 Å². The van der Waals surface area contributed by atoms with E-state index in [1.165, 1.54) is 11.6 Å². The van der Waals surface area contributed by atoms with Crippen LogP contribution in [0, 0.1) is 0 Å². The predicted octanol–water partition coefficient (Wildman–Crippen LogP) is 2.46. The summed E-state index contributed by atoms with van der Waals surface area (Å²) in [4.78, 5) is 10.8. The van der Waals surface area contributed by atoms with Crippen molar-refractivity contribution in [2.24, 2.45) is 0 Å². The Balaban J connectivity index is 4.08. The second-order valence-electron chi connectivity index (χ2n) is 2.77. The number of hydrogen-bond acceptors (Lipinski definition) is 2. The minimum atomic E-state index is -0.280. The molecule has 0 rings (SSSR count). The molecule has 0 heterocycles. The Hall–Kier alpha value is -1.05. The van der Waals surface area contributed by atoms with Crippen LogP contribution in [0.15, 0.2) is 23.3 Å². The van der Waals surface area contributed by atoms with Crippen LogP contribution in [0.1, 0.15) is 27.7 Å². The van der Waals surface area contributed by atoms with Crippen LogP contribution in [0.2, 0.25) is 0 Å². The molecule has 68 valence electrons. The van der Waals surface area contributed by atoms with E-state index in [4.69, 9.17) is 4.74 Å². The predicted molar refractivity (Wildman–Crippen MR) is 49.8 cm³/mol. The van der Waals surface area contributed by atoms with Crippen molar-refractivity contribution in [3.05, 3.63) is 23.3 Å². The SMILES string of the molecule is CCOC(=O)/C=C/C(C)=C(C)C. The van der Waals surface area contributed by atoms with E-state index in [2.05, 4.69) is 0 Å². The standard InChI is InChI=1S/C10H16O2/c1-5-12-10(11)7-6-9(4)8(2)3/h6-7H,5H2,1-4H3/b7-6+. The maximum absolute atomic E-state index is 10.8. The zero-order valence-corrected chi connectivity index (χ0v) is 8.18. The van der Waals surface area contributed by atoms with Gasteiger partial charge < -0.3 is 4.74 Å². The molecule has 0 aliphatic rings. The lowest BCUT2D eigenvalue weighted by molar-refractivity contribution is -0.137. The molecule has 0 unspecified atom stereocenters. The summed E-state index contributed by atoms with van der Waals surface area (Å²) in [6, 6.07) is 0. The van der Waals surface area contributed by atoms with Gasteiger partial charge in [-0.15, -0.1) is 0 Å². The van der Waals surface area contributed by atoms with E-state index in [1.807, 2.05) is 20.8 Å². The Morgan fingerprint density at radius 2 is 1.83 bits per heavy atom. The van der Waals surface area contributed by atoms with Crippen molar-refractivity contribution in [3.63, 3.8) is 0 Å². The number of esters is 1. The average molecular weight is 168 g/mol. The molecule has 0 aromatic carbocycles. The summed E-state index contributed by atoms with van der Waals surface area (Å²) in [7, 11) is 0. The third-order valence-corrected chi connectivity index (χ3v) is 1.54. The van der Waals surface area contributed by atoms with Crippen molar-refractivity contribution in [2.75, 3.05) is 6.61 Å². The smallest absolute Gasteiger partial charge is 0.330 e. The van der Waals surface area contributed by atoms with Crippen molar-refractivity contribution in [2.45, 2.75) is 27.7 Å². The molecule has 0 spiro atoms. The molecule has 0 saturated carbocycles. The Morgan fingerprint density at radius 1 is 1.25 bits per heavy atom. The fraction of sp³-hybridized carbons (Fsp3) is 0.500. The lowest BCUT2D eigenvalue weighted by Crippen LogP contribution is -1.98. The van der Waals surface area contributed by atoms with Crippen molar-refractivity contribution in [3.8, 4) is 0 Å². The summed E-state index contributed by atoms with van der Waals surface area (Å²) >= 11 is 0. The Labute approximate surface area is 73.9 Å². The first-order valence-electron chi connectivity index (χ1n) is 4.06. The summed E-state index contributed by atoms with van der Waals surface area (Å²) < 4.78 is 4.72. The van der Waals surface area contributed by atoms with Gasteiger partial charge in [-0.05, 0) is 27.7 Å². The highest BCUT2D eigenvalue weighted by Gasteiger charge is 1.93. The second-order valence-corrected chi connectivity index (χ2v) is 2.77. The molecule has 0 radical (unpaired) electrons. The van der Waals surface area contributed by atoms with Crippen LogP contribution in [0.25, 0.3) is 0 Å². The van der Waals surface area contributed by atoms with E-state index in [9.17, 15) is 4.79 Å². The summed E-state index contributed by atoms with van der Waals surface area (Å²) in [6.07, 6.45) is 3.22. The monoisotopic (exact) mass is 168 g/mol. The average Bonchev–Trinajstić information content (AvgIpc) is 2.00. The lowest BCUT2D eigenvalue weighted by Gasteiger charge is -1.96. The van der Waals surface area contributed by atoms with E-state index in [0.29, 0.717) is 6.61 Å². The second kappa shape index (κ2) is 5.58. The molecular weight excluding hydrogens is 152 g/mol. The van der Waals surface area contributed by atoms with Gasteiger partial charge in [-0.1, -0.05) is 17.2 Å². The van der Waals surface area contributed by atoms with Crippen molar-refractivity contribution >= 4 is 5.97 Å². The number of allylic oxidation sites excluding steroid dienone is 3. The quantitative estimate of drug-likeness (QED) is 0.367. The fourth-order valence-corrected chi connectivity index (χ4v) is 0.550. The van der Waals surface area contributed by atoms with Crippen LogP contribution < -0.4 is 0 Å². The number of ether oxygens (including phenoxy) is 1. The van der Waals surface area contributed by atoms with Gasteiger partial charge in [0, 0.05) is 6.08 Å². The Bertz CT molecular complexity index is 208. The van der Waals surface area contributed by atoms with Crippen LogP contribution in [-0.2, 0) is 9.53 Å². The molecule has 0 aromatic heterocycles. The van der Waals surface area contributed by atoms with E-state index in [0.717, 1.165) is 5.57 Å². The molecule has 0 fully saturated rings. The summed E-state index contributed by atoms with van der Waals surface area (Å²) in [5, 5.41) is 0. The van der Waals surface area contributed by atoms with Gasteiger partial charge in [-0.25, -0.2) is 4.79 Å². The summed E-state index contributed by atoms with van der Waals surface area (Å²) in [6.45, 7) is 8.19. The summed E-state index contributed by atoms with van der Waals surface area (Å²) in [5.41, 5.74) is 2.30. The number of carbonyl (C=O) groups is 1. The van der Waals surface area contributed by atoms with Crippen molar-refractivity contribution in [1.29, 1.82) is 0 Å². The van der Waals surface area contributed by atoms with Crippen molar-refractivity contribution < 1.29 is 9.53 Å². The zero-order chi connectivity index (χ0) is 9.56. The van der Waals surface area contributed by atoms with E-state index in [-0.39, 0.29) is 5.97 Å². The number of carbonyl (C=O) groups excluding carboxylic acids is 1. The van der Waals surface area contributed by atoms with Gasteiger partial charge >= 0.3 is 5.97 Å². The molecule has 0 aliphatic carbocycles. The molecule has 12 heavy (non-hydrogen) atoms. The van der Waals surface area contributed by atoms with Crippen LogP contribution in [-0.4, -0.2) is 12.6 Å². The van der Waals surface area contributed by atoms with E-state index < -0.39 is 0 Å². The number of rotatable bonds is 3. The molecular formula is C10H16O2. The van der Waals surface area contributed by atoms with Gasteiger partial charge in [0.15, 0.2) is 0 Å². The zero-order valence-electron chi connectivity index (χ0n) is 8.18. The van der Waals surface area contributed by atoms with Crippen LogP contribution >= 0.6 is 0 Å².